The fourth-order valence-electron chi connectivity index (χ4n) is 2.46. The van der Waals surface area contributed by atoms with Crippen LogP contribution in [-0.2, 0) is 14.2 Å². The lowest BCUT2D eigenvalue weighted by molar-refractivity contribution is -0.325. The topological polar surface area (TPSA) is 190 Å². The van der Waals surface area contributed by atoms with Crippen molar-refractivity contribution in [2.24, 2.45) is 0 Å². The van der Waals surface area contributed by atoms with Gasteiger partial charge in [-0.3, -0.25) is 0 Å². The molecule has 0 bridgehead atoms. The summed E-state index contributed by atoms with van der Waals surface area (Å²) in [6.45, 7) is -1.10. The van der Waals surface area contributed by atoms with Crippen LogP contribution in [0.1, 0.15) is 0 Å². The van der Waals surface area contributed by atoms with Gasteiger partial charge in [0.25, 0.3) is 0 Å². The summed E-state index contributed by atoms with van der Waals surface area (Å²) in [4.78, 5) is 0. The highest BCUT2D eigenvalue weighted by Crippen LogP contribution is 2.24. The van der Waals surface area contributed by atoms with E-state index in [-0.39, 0.29) is 0 Å². The molecule has 8 N–H and O–H groups in total. The fraction of sp³-hybridized carbons (Fsp3) is 1.00. The number of aliphatic hydroxyl groups is 8. The SMILES string of the molecule is OC[C@H]1O[C@@H](OC[C@H]2O[C@@H](O)[C@H](O)[C@H](O)[C@@H]2O)[C@H](O)[C@@H](O)[C@@H]1O. The highest BCUT2D eigenvalue weighted by molar-refractivity contribution is 4.91. The van der Waals surface area contributed by atoms with Gasteiger partial charge in [0.1, 0.15) is 48.8 Å². The van der Waals surface area contributed by atoms with Crippen molar-refractivity contribution in [1.82, 2.24) is 0 Å². The molecule has 0 aromatic heterocycles. The molecule has 0 aliphatic carbocycles. The third-order valence-corrected chi connectivity index (χ3v) is 3.96. The van der Waals surface area contributed by atoms with Crippen LogP contribution < -0.4 is 0 Å². The lowest BCUT2D eigenvalue weighted by atomic mass is 9.98. The highest BCUT2D eigenvalue weighted by atomic mass is 16.7. The Labute approximate surface area is 130 Å². The largest absolute Gasteiger partial charge is 0.394 e. The molecule has 2 fully saturated rings. The minimum Gasteiger partial charge on any atom is -0.394 e. The minimum atomic E-state index is -1.74. The molecule has 136 valence electrons. The van der Waals surface area contributed by atoms with Gasteiger partial charge in [-0.15, -0.1) is 0 Å². The van der Waals surface area contributed by atoms with Crippen molar-refractivity contribution in [2.45, 2.75) is 61.4 Å². The Hall–Kier alpha value is -0.440. The minimum absolute atomic E-state index is 0.468. The van der Waals surface area contributed by atoms with E-state index in [1.807, 2.05) is 0 Å². The first-order valence-electron chi connectivity index (χ1n) is 7.07. The summed E-state index contributed by atoms with van der Waals surface area (Å²) < 4.78 is 15.1. The van der Waals surface area contributed by atoms with E-state index in [0.29, 0.717) is 0 Å². The first-order chi connectivity index (χ1) is 10.8. The van der Waals surface area contributed by atoms with E-state index in [0.717, 1.165) is 0 Å². The Morgan fingerprint density at radius 3 is 1.83 bits per heavy atom. The van der Waals surface area contributed by atoms with Crippen molar-refractivity contribution < 1.29 is 55.1 Å². The molecular weight excluding hydrogens is 320 g/mol. The van der Waals surface area contributed by atoms with Crippen LogP contribution >= 0.6 is 0 Å². The molecule has 0 saturated carbocycles. The lowest BCUT2D eigenvalue weighted by Crippen LogP contribution is -2.61. The molecule has 2 heterocycles. The molecule has 0 radical (unpaired) electrons. The molecule has 0 aromatic rings. The van der Waals surface area contributed by atoms with Gasteiger partial charge in [0.2, 0.25) is 0 Å². The molecular formula is C12H22O11. The molecule has 11 heteroatoms. The summed E-state index contributed by atoms with van der Waals surface area (Å²) >= 11 is 0. The second-order valence-corrected chi connectivity index (χ2v) is 5.57. The van der Waals surface area contributed by atoms with Crippen molar-refractivity contribution in [2.75, 3.05) is 13.2 Å². The summed E-state index contributed by atoms with van der Waals surface area (Å²) in [6, 6.07) is 0. The Balaban J connectivity index is 1.94. The van der Waals surface area contributed by atoms with E-state index < -0.39 is 74.6 Å². The third kappa shape index (κ3) is 3.81. The third-order valence-electron chi connectivity index (χ3n) is 3.96. The molecule has 11 nitrogen and oxygen atoms in total. The van der Waals surface area contributed by atoms with E-state index in [9.17, 15) is 35.7 Å². The van der Waals surface area contributed by atoms with Gasteiger partial charge in [0.05, 0.1) is 13.2 Å². The van der Waals surface area contributed by atoms with Crippen LogP contribution in [0.4, 0.5) is 0 Å². The maximum absolute atomic E-state index is 9.78. The zero-order chi connectivity index (χ0) is 17.3. The predicted octanol–water partition coefficient (Wildman–Crippen LogP) is -5.40. The first kappa shape index (κ1) is 18.9. The molecule has 2 rings (SSSR count). The molecule has 23 heavy (non-hydrogen) atoms. The zero-order valence-electron chi connectivity index (χ0n) is 12.0. The van der Waals surface area contributed by atoms with E-state index in [2.05, 4.69) is 0 Å². The van der Waals surface area contributed by atoms with Crippen molar-refractivity contribution in [1.29, 1.82) is 0 Å². The van der Waals surface area contributed by atoms with Gasteiger partial charge in [0.15, 0.2) is 12.6 Å². The van der Waals surface area contributed by atoms with Crippen molar-refractivity contribution in [3.8, 4) is 0 Å². The van der Waals surface area contributed by atoms with Crippen LogP contribution in [0.3, 0.4) is 0 Å². The van der Waals surface area contributed by atoms with Gasteiger partial charge in [-0.05, 0) is 0 Å². The van der Waals surface area contributed by atoms with Crippen LogP contribution in [0.15, 0.2) is 0 Å². The summed E-state index contributed by atoms with van der Waals surface area (Å²) in [6.07, 6.45) is -15.3. The van der Waals surface area contributed by atoms with Crippen LogP contribution in [0.5, 0.6) is 0 Å². The van der Waals surface area contributed by atoms with E-state index >= 15 is 0 Å². The number of rotatable bonds is 4. The van der Waals surface area contributed by atoms with Gasteiger partial charge in [0, 0.05) is 0 Å². The molecule has 2 aliphatic heterocycles. The molecule has 2 aliphatic rings. The average Bonchev–Trinajstić information content (AvgIpc) is 2.54. The summed E-state index contributed by atoms with van der Waals surface area (Å²) in [5.74, 6) is 0. The van der Waals surface area contributed by atoms with Crippen molar-refractivity contribution >= 4 is 0 Å². The van der Waals surface area contributed by atoms with Gasteiger partial charge in [-0.2, -0.15) is 0 Å². The summed E-state index contributed by atoms with van der Waals surface area (Å²) in [5, 5.41) is 76.1. The van der Waals surface area contributed by atoms with Crippen LogP contribution in [0, 0.1) is 0 Å². The van der Waals surface area contributed by atoms with Gasteiger partial charge >= 0.3 is 0 Å². The Bertz CT molecular complexity index is 380. The number of aliphatic hydroxyl groups excluding tert-OH is 8. The monoisotopic (exact) mass is 342 g/mol. The van der Waals surface area contributed by atoms with E-state index in [1.165, 1.54) is 0 Å². The van der Waals surface area contributed by atoms with E-state index in [1.54, 1.807) is 0 Å². The number of hydrogen-bond acceptors (Lipinski definition) is 11. The Kier molecular flexibility index (Phi) is 6.27. The Morgan fingerprint density at radius 1 is 0.652 bits per heavy atom. The van der Waals surface area contributed by atoms with Crippen molar-refractivity contribution in [3.05, 3.63) is 0 Å². The smallest absolute Gasteiger partial charge is 0.186 e. The van der Waals surface area contributed by atoms with Crippen molar-refractivity contribution in [3.63, 3.8) is 0 Å². The fourth-order valence-corrected chi connectivity index (χ4v) is 2.46. The maximum atomic E-state index is 9.78. The maximum Gasteiger partial charge on any atom is 0.186 e. The summed E-state index contributed by atoms with van der Waals surface area (Å²) in [5.41, 5.74) is 0. The van der Waals surface area contributed by atoms with Crippen LogP contribution in [-0.4, -0.2) is 115 Å². The molecule has 0 amide bonds. The van der Waals surface area contributed by atoms with Gasteiger partial charge < -0.3 is 55.1 Å². The van der Waals surface area contributed by atoms with E-state index in [4.69, 9.17) is 19.3 Å². The summed E-state index contributed by atoms with van der Waals surface area (Å²) in [7, 11) is 0. The standard InChI is InChI=1S/C12H22O11/c13-1-3-5(14)8(17)10(19)12(23-3)21-2-4-6(15)7(16)9(18)11(20)22-4/h3-20H,1-2H2/t3-,4-,5-,6-,7-,8+,9-,10-,11-,12-/m1/s1. The number of hydrogen-bond donors (Lipinski definition) is 8. The highest BCUT2D eigenvalue weighted by Gasteiger charge is 2.46. The van der Waals surface area contributed by atoms with Crippen LogP contribution in [0.2, 0.25) is 0 Å². The van der Waals surface area contributed by atoms with Gasteiger partial charge in [-0.1, -0.05) is 0 Å². The number of ether oxygens (including phenoxy) is 3. The van der Waals surface area contributed by atoms with Crippen LogP contribution in [0.25, 0.3) is 0 Å². The predicted molar refractivity (Wildman–Crippen MR) is 68.6 cm³/mol. The zero-order valence-corrected chi connectivity index (χ0v) is 12.0. The average molecular weight is 342 g/mol. The normalized spacial score (nSPS) is 51.7. The second-order valence-electron chi connectivity index (χ2n) is 5.57. The lowest BCUT2D eigenvalue weighted by Gasteiger charge is -2.41. The first-order valence-corrected chi connectivity index (χ1v) is 7.07. The quantitative estimate of drug-likeness (QED) is 0.243. The molecule has 2 saturated heterocycles. The molecule has 0 aromatic carbocycles. The second kappa shape index (κ2) is 7.63. The molecule has 10 atom stereocenters. The Morgan fingerprint density at radius 2 is 1.22 bits per heavy atom. The molecule has 0 spiro atoms. The van der Waals surface area contributed by atoms with Gasteiger partial charge in [-0.25, -0.2) is 0 Å². The molecule has 0 unspecified atom stereocenters.